The van der Waals surface area contributed by atoms with Crippen molar-refractivity contribution in [2.45, 2.75) is 0 Å². The van der Waals surface area contributed by atoms with Crippen LogP contribution in [0.1, 0.15) is 22.3 Å². The third-order valence-electron chi connectivity index (χ3n) is 3.95. The largest absolute Gasteiger partial charge is 0.491 e. The maximum absolute atomic E-state index is 9.09. The molecule has 1 N–H and O–H groups in total. The highest BCUT2D eigenvalue weighted by atomic mass is 16.5. The lowest BCUT2D eigenvalue weighted by Gasteiger charge is -2.11. The van der Waals surface area contributed by atoms with Gasteiger partial charge in [-0.25, -0.2) is 0 Å². The predicted molar refractivity (Wildman–Crippen MR) is 110 cm³/mol. The number of hydrogen-bond acceptors (Lipinski definition) is 2. The molecule has 0 aromatic heterocycles. The standard InChI is InChI=1S/C24H22O2/c25-18-19-26-24-13-7-12-22(16-14-20-8-3-1-4-9-20)23(24)17-15-21-10-5-2-6-11-21/h1-17,25H,18-19H2/b16-14+,17-15+. The summed E-state index contributed by atoms with van der Waals surface area (Å²) < 4.78 is 5.73. The predicted octanol–water partition coefficient (Wildman–Crippen LogP) is 5.40. The van der Waals surface area contributed by atoms with Gasteiger partial charge in [-0.15, -0.1) is 0 Å². The topological polar surface area (TPSA) is 29.5 Å². The molecule has 0 fully saturated rings. The Labute approximate surface area is 154 Å². The average Bonchev–Trinajstić information content (AvgIpc) is 2.71. The van der Waals surface area contributed by atoms with E-state index >= 15 is 0 Å². The van der Waals surface area contributed by atoms with Gasteiger partial charge in [-0.2, -0.15) is 0 Å². The number of rotatable bonds is 7. The Hall–Kier alpha value is -3.10. The third-order valence-corrected chi connectivity index (χ3v) is 3.95. The van der Waals surface area contributed by atoms with E-state index in [4.69, 9.17) is 9.84 Å². The van der Waals surface area contributed by atoms with Gasteiger partial charge < -0.3 is 9.84 Å². The van der Waals surface area contributed by atoms with Crippen LogP contribution in [-0.2, 0) is 0 Å². The van der Waals surface area contributed by atoms with Crippen LogP contribution in [0.15, 0.2) is 78.9 Å². The Morgan fingerprint density at radius 1 is 0.654 bits per heavy atom. The second-order valence-corrected chi connectivity index (χ2v) is 5.82. The van der Waals surface area contributed by atoms with Crippen LogP contribution >= 0.6 is 0 Å². The van der Waals surface area contributed by atoms with Gasteiger partial charge in [0.15, 0.2) is 0 Å². The van der Waals surface area contributed by atoms with Crippen LogP contribution < -0.4 is 4.74 Å². The van der Waals surface area contributed by atoms with Gasteiger partial charge in [-0.05, 0) is 22.8 Å². The molecule has 0 aliphatic heterocycles. The molecule has 0 atom stereocenters. The van der Waals surface area contributed by atoms with Gasteiger partial charge in [0.2, 0.25) is 0 Å². The summed E-state index contributed by atoms with van der Waals surface area (Å²) in [6.45, 7) is 0.268. The Balaban J connectivity index is 1.94. The first-order valence-corrected chi connectivity index (χ1v) is 8.70. The van der Waals surface area contributed by atoms with Crippen molar-refractivity contribution in [2.24, 2.45) is 0 Å². The Morgan fingerprint density at radius 2 is 1.27 bits per heavy atom. The number of aliphatic hydroxyl groups excluding tert-OH is 1. The highest BCUT2D eigenvalue weighted by Crippen LogP contribution is 2.27. The van der Waals surface area contributed by atoms with E-state index in [0.29, 0.717) is 0 Å². The van der Waals surface area contributed by atoms with E-state index in [2.05, 4.69) is 54.6 Å². The molecule has 26 heavy (non-hydrogen) atoms. The molecule has 0 unspecified atom stereocenters. The van der Waals surface area contributed by atoms with Crippen molar-refractivity contribution in [1.82, 2.24) is 0 Å². The lowest BCUT2D eigenvalue weighted by atomic mass is 10.0. The number of aliphatic hydroxyl groups is 1. The van der Waals surface area contributed by atoms with Crippen LogP contribution in [0.25, 0.3) is 24.3 Å². The summed E-state index contributed by atoms with van der Waals surface area (Å²) in [7, 11) is 0. The quantitative estimate of drug-likeness (QED) is 0.583. The van der Waals surface area contributed by atoms with Gasteiger partial charge in [0.1, 0.15) is 12.4 Å². The van der Waals surface area contributed by atoms with E-state index in [-0.39, 0.29) is 13.2 Å². The average molecular weight is 342 g/mol. The van der Waals surface area contributed by atoms with Crippen molar-refractivity contribution in [3.8, 4) is 5.75 Å². The minimum Gasteiger partial charge on any atom is -0.491 e. The van der Waals surface area contributed by atoms with E-state index in [1.54, 1.807) is 0 Å². The fraction of sp³-hybridized carbons (Fsp3) is 0.0833. The van der Waals surface area contributed by atoms with E-state index < -0.39 is 0 Å². The summed E-state index contributed by atoms with van der Waals surface area (Å²) >= 11 is 0. The van der Waals surface area contributed by atoms with Crippen LogP contribution in [0.2, 0.25) is 0 Å². The lowest BCUT2D eigenvalue weighted by molar-refractivity contribution is 0.201. The fourth-order valence-electron chi connectivity index (χ4n) is 2.66. The molecular weight excluding hydrogens is 320 g/mol. The third kappa shape index (κ3) is 4.95. The van der Waals surface area contributed by atoms with Crippen LogP contribution in [0.4, 0.5) is 0 Å². The van der Waals surface area contributed by atoms with Crippen molar-refractivity contribution in [1.29, 1.82) is 0 Å². The molecule has 2 heteroatoms. The Morgan fingerprint density at radius 3 is 1.88 bits per heavy atom. The molecular formula is C24H22O2. The monoisotopic (exact) mass is 342 g/mol. The number of hydrogen-bond donors (Lipinski definition) is 1. The van der Waals surface area contributed by atoms with Crippen LogP contribution in [0, 0.1) is 0 Å². The number of ether oxygens (including phenoxy) is 1. The second-order valence-electron chi connectivity index (χ2n) is 5.82. The first kappa shape index (κ1) is 17.7. The van der Waals surface area contributed by atoms with Crippen molar-refractivity contribution >= 4 is 24.3 Å². The first-order valence-electron chi connectivity index (χ1n) is 8.70. The van der Waals surface area contributed by atoms with Gasteiger partial charge in [-0.3, -0.25) is 0 Å². The molecule has 0 heterocycles. The summed E-state index contributed by atoms with van der Waals surface area (Å²) in [6.07, 6.45) is 8.31. The highest BCUT2D eigenvalue weighted by Gasteiger charge is 2.05. The van der Waals surface area contributed by atoms with E-state index in [1.165, 1.54) is 0 Å². The smallest absolute Gasteiger partial charge is 0.127 e. The summed E-state index contributed by atoms with van der Waals surface area (Å²) in [6, 6.07) is 26.3. The zero-order valence-corrected chi connectivity index (χ0v) is 14.6. The molecule has 0 saturated heterocycles. The Bertz CT molecular complexity index is 865. The van der Waals surface area contributed by atoms with Gasteiger partial charge in [-0.1, -0.05) is 97.1 Å². The molecule has 3 aromatic carbocycles. The lowest BCUT2D eigenvalue weighted by Crippen LogP contribution is -2.03. The van der Waals surface area contributed by atoms with E-state index in [1.807, 2.05) is 48.5 Å². The van der Waals surface area contributed by atoms with E-state index in [9.17, 15) is 0 Å². The van der Waals surface area contributed by atoms with Crippen molar-refractivity contribution < 1.29 is 9.84 Å². The van der Waals surface area contributed by atoms with Gasteiger partial charge in [0, 0.05) is 5.56 Å². The zero-order chi connectivity index (χ0) is 18.0. The Kier molecular flexibility index (Phi) is 6.40. The van der Waals surface area contributed by atoms with Crippen molar-refractivity contribution in [3.63, 3.8) is 0 Å². The van der Waals surface area contributed by atoms with Crippen molar-refractivity contribution in [2.75, 3.05) is 13.2 Å². The number of benzene rings is 3. The fourth-order valence-corrected chi connectivity index (χ4v) is 2.66. The molecule has 0 aliphatic rings. The summed E-state index contributed by atoms with van der Waals surface area (Å²) in [4.78, 5) is 0. The maximum atomic E-state index is 9.09. The molecule has 2 nitrogen and oxygen atoms in total. The maximum Gasteiger partial charge on any atom is 0.127 e. The van der Waals surface area contributed by atoms with Gasteiger partial charge in [0.05, 0.1) is 6.61 Å². The highest BCUT2D eigenvalue weighted by molar-refractivity contribution is 5.82. The molecule has 0 amide bonds. The molecule has 0 aliphatic carbocycles. The van der Waals surface area contributed by atoms with Gasteiger partial charge >= 0.3 is 0 Å². The van der Waals surface area contributed by atoms with Crippen LogP contribution in [-0.4, -0.2) is 18.3 Å². The van der Waals surface area contributed by atoms with Crippen LogP contribution in [0.5, 0.6) is 5.75 Å². The summed E-state index contributed by atoms with van der Waals surface area (Å²) in [5, 5.41) is 9.09. The summed E-state index contributed by atoms with van der Waals surface area (Å²) in [5.41, 5.74) is 4.34. The SMILES string of the molecule is OCCOc1cccc(/C=C/c2ccccc2)c1/C=C/c1ccccc1. The minimum atomic E-state index is -0.00801. The molecule has 3 aromatic rings. The molecule has 3 rings (SSSR count). The summed E-state index contributed by atoms with van der Waals surface area (Å²) in [5.74, 6) is 0.765. The molecule has 130 valence electrons. The molecule has 0 spiro atoms. The minimum absolute atomic E-state index is 0.00801. The normalized spacial score (nSPS) is 11.3. The molecule has 0 bridgehead atoms. The van der Waals surface area contributed by atoms with Crippen molar-refractivity contribution in [3.05, 3.63) is 101 Å². The van der Waals surface area contributed by atoms with Gasteiger partial charge in [0.25, 0.3) is 0 Å². The second kappa shape index (κ2) is 9.40. The molecule has 0 radical (unpaired) electrons. The van der Waals surface area contributed by atoms with E-state index in [0.717, 1.165) is 28.0 Å². The zero-order valence-electron chi connectivity index (χ0n) is 14.6. The first-order chi connectivity index (χ1) is 12.9. The van der Waals surface area contributed by atoms with Crippen LogP contribution in [0.3, 0.4) is 0 Å². The molecule has 0 saturated carbocycles.